The summed E-state index contributed by atoms with van der Waals surface area (Å²) in [7, 11) is 0. The number of hydrazine groups is 1. The maximum Gasteiger partial charge on any atom is 0.252 e. The Balaban J connectivity index is 1.83. The van der Waals surface area contributed by atoms with Crippen LogP contribution in [-0.2, 0) is 6.54 Å². The predicted octanol–water partition coefficient (Wildman–Crippen LogP) is -0.611. The molecule has 94 valence electrons. The zero-order chi connectivity index (χ0) is 12.8. The van der Waals surface area contributed by atoms with Crippen molar-refractivity contribution in [2.24, 2.45) is 5.84 Å². The molecule has 2 heterocycles. The lowest BCUT2D eigenvalue weighted by Gasteiger charge is -2.05. The van der Waals surface area contributed by atoms with Crippen molar-refractivity contribution in [2.75, 3.05) is 12.0 Å². The molecule has 2 aromatic rings. The number of carbonyl (C=O) groups is 1. The van der Waals surface area contributed by atoms with Gasteiger partial charge in [-0.15, -0.1) is 5.10 Å². The van der Waals surface area contributed by atoms with E-state index in [1.807, 2.05) is 0 Å². The first-order valence-electron chi connectivity index (χ1n) is 5.34. The van der Waals surface area contributed by atoms with Gasteiger partial charge < -0.3 is 10.7 Å². The molecule has 0 radical (unpaired) electrons. The molecule has 1 amide bonds. The van der Waals surface area contributed by atoms with Crippen molar-refractivity contribution in [3.05, 3.63) is 36.3 Å². The number of carbonyl (C=O) groups excluding carboxylic acids is 1. The summed E-state index contributed by atoms with van der Waals surface area (Å²) in [6, 6.07) is 3.28. The summed E-state index contributed by atoms with van der Waals surface area (Å²) in [6.07, 6.45) is 4.78. The third kappa shape index (κ3) is 3.01. The van der Waals surface area contributed by atoms with Crippen LogP contribution < -0.4 is 16.6 Å². The van der Waals surface area contributed by atoms with Gasteiger partial charge in [-0.25, -0.2) is 10.8 Å². The molecule has 2 aromatic heterocycles. The maximum atomic E-state index is 11.7. The molecule has 0 aromatic carbocycles. The Morgan fingerprint density at radius 1 is 1.44 bits per heavy atom. The van der Waals surface area contributed by atoms with Crippen LogP contribution in [0.15, 0.2) is 30.7 Å². The average molecular weight is 247 g/mol. The molecule has 18 heavy (non-hydrogen) atoms. The smallest absolute Gasteiger partial charge is 0.252 e. The van der Waals surface area contributed by atoms with Crippen molar-refractivity contribution >= 4 is 11.7 Å². The molecule has 4 N–H and O–H groups in total. The van der Waals surface area contributed by atoms with Gasteiger partial charge in [-0.05, 0) is 12.1 Å². The van der Waals surface area contributed by atoms with Crippen molar-refractivity contribution in [3.63, 3.8) is 0 Å². The molecule has 0 aliphatic heterocycles. The van der Waals surface area contributed by atoms with Crippen molar-refractivity contribution in [1.82, 2.24) is 25.3 Å². The summed E-state index contributed by atoms with van der Waals surface area (Å²) >= 11 is 0. The lowest BCUT2D eigenvalue weighted by atomic mass is 10.2. The van der Waals surface area contributed by atoms with Crippen molar-refractivity contribution in [2.45, 2.75) is 6.54 Å². The van der Waals surface area contributed by atoms with Crippen LogP contribution >= 0.6 is 0 Å². The number of hydrogen-bond donors (Lipinski definition) is 3. The fourth-order valence-electron chi connectivity index (χ4n) is 1.35. The molecule has 0 aliphatic carbocycles. The normalized spacial score (nSPS) is 10.1. The number of nitrogens with two attached hydrogens (primary N) is 1. The van der Waals surface area contributed by atoms with E-state index in [1.54, 1.807) is 29.2 Å². The predicted molar refractivity (Wildman–Crippen MR) is 64.4 cm³/mol. The molecule has 0 saturated carbocycles. The number of amides is 1. The Kier molecular flexibility index (Phi) is 3.82. The first-order valence-corrected chi connectivity index (χ1v) is 5.34. The van der Waals surface area contributed by atoms with E-state index < -0.39 is 0 Å². The maximum absolute atomic E-state index is 11.7. The van der Waals surface area contributed by atoms with Crippen LogP contribution in [0.4, 0.5) is 5.82 Å². The van der Waals surface area contributed by atoms with Gasteiger partial charge in [-0.1, -0.05) is 5.21 Å². The molecule has 0 saturated heterocycles. The molecular formula is C10H13N7O. The van der Waals surface area contributed by atoms with Crippen LogP contribution in [0, 0.1) is 0 Å². The zero-order valence-electron chi connectivity index (χ0n) is 9.58. The van der Waals surface area contributed by atoms with Gasteiger partial charge in [0.15, 0.2) is 0 Å². The van der Waals surface area contributed by atoms with Crippen molar-refractivity contribution < 1.29 is 4.79 Å². The number of nitrogens with zero attached hydrogens (tertiary/aromatic N) is 4. The van der Waals surface area contributed by atoms with Crippen LogP contribution in [0.2, 0.25) is 0 Å². The molecule has 0 unspecified atom stereocenters. The Morgan fingerprint density at radius 3 is 2.94 bits per heavy atom. The summed E-state index contributed by atoms with van der Waals surface area (Å²) < 4.78 is 1.64. The molecule has 0 fully saturated rings. The van der Waals surface area contributed by atoms with Gasteiger partial charge in [0.1, 0.15) is 5.82 Å². The first kappa shape index (κ1) is 12.0. The largest absolute Gasteiger partial charge is 0.350 e. The highest BCUT2D eigenvalue weighted by Crippen LogP contribution is 2.02. The highest BCUT2D eigenvalue weighted by atomic mass is 16.1. The lowest BCUT2D eigenvalue weighted by Crippen LogP contribution is -2.27. The van der Waals surface area contributed by atoms with Gasteiger partial charge in [0, 0.05) is 18.9 Å². The van der Waals surface area contributed by atoms with E-state index in [0.717, 1.165) is 0 Å². The fraction of sp³-hybridized carbons (Fsp3) is 0.200. The second-order valence-corrected chi connectivity index (χ2v) is 3.50. The van der Waals surface area contributed by atoms with E-state index in [9.17, 15) is 4.79 Å². The van der Waals surface area contributed by atoms with E-state index in [0.29, 0.717) is 24.5 Å². The summed E-state index contributed by atoms with van der Waals surface area (Å²) in [4.78, 5) is 15.7. The van der Waals surface area contributed by atoms with Crippen molar-refractivity contribution in [3.8, 4) is 0 Å². The molecule has 8 nitrogen and oxygen atoms in total. The number of nitrogen functional groups attached to an aromatic ring is 1. The summed E-state index contributed by atoms with van der Waals surface area (Å²) in [5.41, 5.74) is 2.87. The third-order valence-corrected chi connectivity index (χ3v) is 2.27. The molecule has 0 aliphatic rings. The van der Waals surface area contributed by atoms with Gasteiger partial charge in [0.25, 0.3) is 5.91 Å². The number of hydrogen-bond acceptors (Lipinski definition) is 6. The second-order valence-electron chi connectivity index (χ2n) is 3.50. The first-order chi connectivity index (χ1) is 8.79. The number of anilines is 1. The van der Waals surface area contributed by atoms with Gasteiger partial charge in [0.2, 0.25) is 0 Å². The highest BCUT2D eigenvalue weighted by molar-refractivity contribution is 5.93. The molecule has 8 heteroatoms. The number of rotatable bonds is 5. The van der Waals surface area contributed by atoms with E-state index in [1.165, 1.54) is 6.20 Å². The minimum Gasteiger partial charge on any atom is -0.350 e. The van der Waals surface area contributed by atoms with E-state index in [2.05, 4.69) is 26.0 Å². The fourth-order valence-corrected chi connectivity index (χ4v) is 1.35. The molecule has 2 rings (SSSR count). The molecular weight excluding hydrogens is 234 g/mol. The van der Waals surface area contributed by atoms with Crippen LogP contribution in [0.25, 0.3) is 0 Å². The molecule has 0 spiro atoms. The minimum absolute atomic E-state index is 0.189. The second kappa shape index (κ2) is 5.73. The standard InChI is InChI=1S/C10H13N7O/c11-15-9-2-1-8(7-13-9)10(18)12-3-5-17-6-4-14-16-17/h1-2,4,6-7H,3,5,11H2,(H,12,18)(H,13,15). The lowest BCUT2D eigenvalue weighted by molar-refractivity contribution is 0.0951. The van der Waals surface area contributed by atoms with Crippen LogP contribution in [0.3, 0.4) is 0 Å². The van der Waals surface area contributed by atoms with E-state index >= 15 is 0 Å². The summed E-state index contributed by atoms with van der Waals surface area (Å²) in [5.74, 6) is 5.50. The van der Waals surface area contributed by atoms with Crippen LogP contribution in [0.1, 0.15) is 10.4 Å². The van der Waals surface area contributed by atoms with Gasteiger partial charge in [0.05, 0.1) is 18.3 Å². The Morgan fingerprint density at radius 2 is 2.33 bits per heavy atom. The number of pyridine rings is 1. The van der Waals surface area contributed by atoms with Gasteiger partial charge in [-0.3, -0.25) is 9.48 Å². The topological polar surface area (TPSA) is 111 Å². The molecule has 0 bridgehead atoms. The average Bonchev–Trinajstić information content (AvgIpc) is 2.92. The number of aromatic nitrogens is 4. The van der Waals surface area contributed by atoms with Crippen LogP contribution in [0.5, 0.6) is 0 Å². The minimum atomic E-state index is -0.189. The van der Waals surface area contributed by atoms with E-state index in [-0.39, 0.29) is 5.91 Å². The quantitative estimate of drug-likeness (QED) is 0.480. The Hall–Kier alpha value is -2.48. The van der Waals surface area contributed by atoms with Crippen molar-refractivity contribution in [1.29, 1.82) is 0 Å². The van der Waals surface area contributed by atoms with Gasteiger partial charge >= 0.3 is 0 Å². The number of nitrogens with one attached hydrogen (secondary N) is 2. The summed E-state index contributed by atoms with van der Waals surface area (Å²) in [6.45, 7) is 1.04. The van der Waals surface area contributed by atoms with Gasteiger partial charge in [-0.2, -0.15) is 0 Å². The monoisotopic (exact) mass is 247 g/mol. The molecule has 0 atom stereocenters. The van der Waals surface area contributed by atoms with Crippen LogP contribution in [-0.4, -0.2) is 32.4 Å². The SMILES string of the molecule is NNc1ccc(C(=O)NCCn2ccnn2)cn1. The third-order valence-electron chi connectivity index (χ3n) is 2.27. The Bertz CT molecular complexity index is 493. The zero-order valence-corrected chi connectivity index (χ0v) is 9.58. The highest BCUT2D eigenvalue weighted by Gasteiger charge is 2.05. The Labute approximate surface area is 103 Å². The van der Waals surface area contributed by atoms with E-state index in [4.69, 9.17) is 5.84 Å². The summed E-state index contributed by atoms with van der Waals surface area (Å²) in [5, 5.41) is 10.2.